The van der Waals surface area contributed by atoms with E-state index in [1.54, 1.807) is 0 Å². The first-order chi connectivity index (χ1) is 9.38. The highest BCUT2D eigenvalue weighted by Gasteiger charge is 2.12. The van der Waals surface area contributed by atoms with Crippen LogP contribution < -0.4 is 5.32 Å². The molecular weight excluding hydrogens is 234 g/mol. The fourth-order valence-electron chi connectivity index (χ4n) is 2.56. The molecule has 1 aliphatic heterocycles. The van der Waals surface area contributed by atoms with Crippen LogP contribution in [-0.2, 0) is 24.5 Å². The molecule has 0 radical (unpaired) electrons. The van der Waals surface area contributed by atoms with E-state index in [1.807, 2.05) is 0 Å². The predicted octanol–water partition coefficient (Wildman–Crippen LogP) is 3.49. The van der Waals surface area contributed by atoms with Crippen molar-refractivity contribution in [2.75, 3.05) is 6.54 Å². The average Bonchev–Trinajstić information content (AvgIpc) is 2.92. The maximum atomic E-state index is 5.49. The molecule has 1 aliphatic rings. The van der Waals surface area contributed by atoms with Gasteiger partial charge in [0.2, 0.25) is 0 Å². The molecule has 1 heterocycles. The Bertz CT molecular complexity index is 577. The van der Waals surface area contributed by atoms with Crippen LogP contribution in [0, 0.1) is 0 Å². The maximum Gasteiger partial charge on any atom is 0.0725 e. The zero-order valence-corrected chi connectivity index (χ0v) is 11.3. The summed E-state index contributed by atoms with van der Waals surface area (Å²) in [5.74, 6) is 0. The summed E-state index contributed by atoms with van der Waals surface area (Å²) in [6.45, 7) is 5.55. The molecule has 1 N–H and O–H groups in total. The molecule has 0 saturated heterocycles. The monoisotopic (exact) mass is 253 g/mol. The van der Waals surface area contributed by atoms with Crippen LogP contribution in [0.3, 0.4) is 0 Å². The Kier molecular flexibility index (Phi) is 3.62. The molecule has 0 spiro atoms. The minimum absolute atomic E-state index is 0.749. The second-order valence-electron chi connectivity index (χ2n) is 4.91. The zero-order chi connectivity index (χ0) is 13.1. The number of hydrogen-bond acceptors (Lipinski definition) is 2. The lowest BCUT2D eigenvalue weighted by Crippen LogP contribution is -2.12. The summed E-state index contributed by atoms with van der Waals surface area (Å²) >= 11 is 0. The largest absolute Gasteiger partial charge is 0.372 e. The summed E-state index contributed by atoms with van der Waals surface area (Å²) in [5, 5.41) is 3.40. The number of benzene rings is 2. The van der Waals surface area contributed by atoms with Crippen LogP contribution in [0.1, 0.15) is 23.6 Å². The van der Waals surface area contributed by atoms with Gasteiger partial charge in [-0.15, -0.1) is 0 Å². The molecule has 0 bridgehead atoms. The Morgan fingerprint density at radius 1 is 1.05 bits per heavy atom. The first kappa shape index (κ1) is 12.4. The Labute approximate surface area is 114 Å². The van der Waals surface area contributed by atoms with Crippen LogP contribution >= 0.6 is 0 Å². The molecule has 3 rings (SSSR count). The molecule has 98 valence electrons. The molecule has 2 nitrogen and oxygen atoms in total. The van der Waals surface area contributed by atoms with Crippen LogP contribution in [0.5, 0.6) is 0 Å². The number of hydrogen-bond donors (Lipinski definition) is 1. The highest BCUT2D eigenvalue weighted by Crippen LogP contribution is 2.29. The van der Waals surface area contributed by atoms with E-state index in [0.29, 0.717) is 0 Å². The van der Waals surface area contributed by atoms with Crippen LogP contribution in [0.15, 0.2) is 42.5 Å². The molecule has 2 aromatic carbocycles. The third-order valence-corrected chi connectivity index (χ3v) is 3.62. The summed E-state index contributed by atoms with van der Waals surface area (Å²) in [5.41, 5.74) is 6.61. The van der Waals surface area contributed by atoms with Crippen LogP contribution in [0.2, 0.25) is 0 Å². The van der Waals surface area contributed by atoms with E-state index in [-0.39, 0.29) is 0 Å². The van der Waals surface area contributed by atoms with Gasteiger partial charge in [0.25, 0.3) is 0 Å². The average molecular weight is 253 g/mol. The second kappa shape index (κ2) is 5.55. The molecule has 0 amide bonds. The van der Waals surface area contributed by atoms with Gasteiger partial charge in [-0.2, -0.15) is 0 Å². The van der Waals surface area contributed by atoms with Gasteiger partial charge < -0.3 is 10.1 Å². The van der Waals surface area contributed by atoms with E-state index in [1.165, 1.54) is 27.8 Å². The first-order valence-corrected chi connectivity index (χ1v) is 6.87. The fourth-order valence-corrected chi connectivity index (χ4v) is 2.56. The smallest absolute Gasteiger partial charge is 0.0725 e. The molecule has 0 fully saturated rings. The molecule has 0 atom stereocenters. The minimum Gasteiger partial charge on any atom is -0.372 e. The van der Waals surface area contributed by atoms with Crippen molar-refractivity contribution < 1.29 is 4.74 Å². The van der Waals surface area contributed by atoms with E-state index in [2.05, 4.69) is 54.7 Å². The summed E-state index contributed by atoms with van der Waals surface area (Å²) < 4.78 is 5.49. The highest BCUT2D eigenvalue weighted by molar-refractivity contribution is 5.68. The molecular formula is C17H19NO. The number of fused-ring (bicyclic) bond motifs is 1. The van der Waals surface area contributed by atoms with Crippen LogP contribution in [-0.4, -0.2) is 6.54 Å². The molecule has 0 aromatic heterocycles. The van der Waals surface area contributed by atoms with Crippen molar-refractivity contribution >= 4 is 0 Å². The predicted molar refractivity (Wildman–Crippen MR) is 77.8 cm³/mol. The summed E-state index contributed by atoms with van der Waals surface area (Å²) in [6.07, 6.45) is 0. The third-order valence-electron chi connectivity index (χ3n) is 3.62. The van der Waals surface area contributed by atoms with Gasteiger partial charge >= 0.3 is 0 Å². The molecule has 0 unspecified atom stereocenters. The van der Waals surface area contributed by atoms with Gasteiger partial charge in [-0.1, -0.05) is 43.3 Å². The van der Waals surface area contributed by atoms with Crippen molar-refractivity contribution in [2.45, 2.75) is 26.7 Å². The SMILES string of the molecule is CCNCc1ccccc1-c1ccc2c(c1)COC2. The molecule has 0 aliphatic carbocycles. The fraction of sp³-hybridized carbons (Fsp3) is 0.294. The lowest BCUT2D eigenvalue weighted by atomic mass is 9.96. The molecule has 19 heavy (non-hydrogen) atoms. The topological polar surface area (TPSA) is 21.3 Å². The van der Waals surface area contributed by atoms with Crippen molar-refractivity contribution in [3.63, 3.8) is 0 Å². The van der Waals surface area contributed by atoms with Crippen LogP contribution in [0.25, 0.3) is 11.1 Å². The second-order valence-corrected chi connectivity index (χ2v) is 4.91. The normalized spacial score (nSPS) is 13.5. The zero-order valence-electron chi connectivity index (χ0n) is 11.3. The Balaban J connectivity index is 1.97. The van der Waals surface area contributed by atoms with Gasteiger partial charge in [-0.05, 0) is 40.4 Å². The van der Waals surface area contributed by atoms with Crippen molar-refractivity contribution in [1.82, 2.24) is 5.32 Å². The summed E-state index contributed by atoms with van der Waals surface area (Å²) in [4.78, 5) is 0. The van der Waals surface area contributed by atoms with E-state index >= 15 is 0 Å². The van der Waals surface area contributed by atoms with Crippen molar-refractivity contribution in [2.24, 2.45) is 0 Å². The van der Waals surface area contributed by atoms with E-state index in [0.717, 1.165) is 26.3 Å². The number of rotatable bonds is 4. The highest BCUT2D eigenvalue weighted by atomic mass is 16.5. The Hall–Kier alpha value is -1.64. The standard InChI is InChI=1S/C17H19NO/c1-2-18-10-14-5-3-4-6-17(14)13-7-8-15-11-19-12-16(15)9-13/h3-9,18H,2,10-12H2,1H3. The molecule has 2 aromatic rings. The Morgan fingerprint density at radius 2 is 1.89 bits per heavy atom. The van der Waals surface area contributed by atoms with Crippen LogP contribution in [0.4, 0.5) is 0 Å². The van der Waals surface area contributed by atoms with E-state index in [9.17, 15) is 0 Å². The van der Waals surface area contributed by atoms with E-state index in [4.69, 9.17) is 4.74 Å². The quantitative estimate of drug-likeness (QED) is 0.900. The number of nitrogens with one attached hydrogen (secondary N) is 1. The van der Waals surface area contributed by atoms with Gasteiger partial charge in [0.05, 0.1) is 13.2 Å². The summed E-state index contributed by atoms with van der Waals surface area (Å²) in [6, 6.07) is 15.3. The Morgan fingerprint density at radius 3 is 2.79 bits per heavy atom. The van der Waals surface area contributed by atoms with Crippen molar-refractivity contribution in [3.8, 4) is 11.1 Å². The molecule has 0 saturated carbocycles. The lowest BCUT2D eigenvalue weighted by molar-refractivity contribution is 0.134. The van der Waals surface area contributed by atoms with E-state index < -0.39 is 0 Å². The van der Waals surface area contributed by atoms with Gasteiger partial charge in [0.15, 0.2) is 0 Å². The van der Waals surface area contributed by atoms with Gasteiger partial charge in [0.1, 0.15) is 0 Å². The molecule has 2 heteroatoms. The van der Waals surface area contributed by atoms with Gasteiger partial charge in [-0.25, -0.2) is 0 Å². The third kappa shape index (κ3) is 2.55. The summed E-state index contributed by atoms with van der Waals surface area (Å²) in [7, 11) is 0. The number of ether oxygens (including phenoxy) is 1. The van der Waals surface area contributed by atoms with Gasteiger partial charge in [0, 0.05) is 6.54 Å². The lowest BCUT2D eigenvalue weighted by Gasteiger charge is -2.11. The van der Waals surface area contributed by atoms with Gasteiger partial charge in [-0.3, -0.25) is 0 Å². The minimum atomic E-state index is 0.749. The maximum absolute atomic E-state index is 5.49. The van der Waals surface area contributed by atoms with Crippen molar-refractivity contribution in [1.29, 1.82) is 0 Å². The van der Waals surface area contributed by atoms with Crippen molar-refractivity contribution in [3.05, 3.63) is 59.2 Å². The first-order valence-electron chi connectivity index (χ1n) is 6.87.